The van der Waals surface area contributed by atoms with Crippen LogP contribution >= 0.6 is 58.2 Å². The second-order valence-electron chi connectivity index (χ2n) is 12.8. The highest BCUT2D eigenvalue weighted by atomic mass is 35.5. The summed E-state index contributed by atoms with van der Waals surface area (Å²) in [5.74, 6) is -0.155. The van der Waals surface area contributed by atoms with Crippen LogP contribution in [0.5, 0.6) is 11.5 Å². The van der Waals surface area contributed by atoms with E-state index in [1.54, 1.807) is 49.0 Å². The maximum Gasteiger partial charge on any atom is 0.206 e. The zero-order valence-corrected chi connectivity index (χ0v) is 35.2. The van der Waals surface area contributed by atoms with Gasteiger partial charge in [-0.25, -0.2) is 8.42 Å². The van der Waals surface area contributed by atoms with Gasteiger partial charge in [-0.15, -0.1) is 0 Å². The maximum atomic E-state index is 13.1. The molecule has 2 unspecified atom stereocenters. The van der Waals surface area contributed by atoms with E-state index in [1.165, 1.54) is 49.4 Å². The van der Waals surface area contributed by atoms with Crippen LogP contribution in [0.2, 0.25) is 20.1 Å². The van der Waals surface area contributed by atoms with E-state index in [2.05, 4.69) is 10.6 Å². The molecule has 0 amide bonds. The highest BCUT2D eigenvalue weighted by Gasteiger charge is 2.22. The summed E-state index contributed by atoms with van der Waals surface area (Å²) in [6.45, 7) is 3.64. The maximum absolute atomic E-state index is 13.1. The normalized spacial score (nSPS) is 12.3. The first-order valence-electron chi connectivity index (χ1n) is 17.3. The molecule has 9 nitrogen and oxygen atoms in total. The molecule has 0 aliphatic heterocycles. The molecule has 6 aromatic rings. The Kier molecular flexibility index (Phi) is 14.9. The number of halogens is 4. The molecule has 6 rings (SSSR count). The summed E-state index contributed by atoms with van der Waals surface area (Å²) in [5.41, 5.74) is 9.51. The summed E-state index contributed by atoms with van der Waals surface area (Å²) in [5, 5.41) is 48.5. The number of aromatic hydroxyl groups is 2. The Hall–Kier alpha value is -4.30. The number of benzene rings is 6. The van der Waals surface area contributed by atoms with Crippen LogP contribution in [0.25, 0.3) is 0 Å². The fraction of sp³-hybridized carbons (Fsp3) is 0.143. The lowest BCUT2D eigenvalue weighted by Crippen LogP contribution is -2.09. The van der Waals surface area contributed by atoms with E-state index >= 15 is 0 Å². The standard InChI is InChI=1S/C21H20Cl2N2O2S.C21H19Cl2NO4S/c1-12(26)18-9-15(23)10-19(21(18)27)25-11-13-8-16(24)4-7-20(13)28-17-5-2-14(22)3-6-17;1-13(25)18-10-16(23)11-19(21(18)26)24-12-14-4-2-3-5-20(14)29(27,28)17-8-6-15(22)7-9-17/h2-10,12,25-27H,11,24H2,1H3;2-11,13,24-26H,12H2,1H3. The third-order valence-corrected chi connectivity index (χ3v) is 12.5. The zero-order chi connectivity index (χ0) is 41.4. The Bertz CT molecular complexity index is 2450. The Morgan fingerprint density at radius 1 is 0.632 bits per heavy atom. The van der Waals surface area contributed by atoms with Crippen molar-refractivity contribution in [3.63, 3.8) is 0 Å². The Balaban J connectivity index is 0.000000218. The quantitative estimate of drug-likeness (QED) is 0.0465. The largest absolute Gasteiger partial charge is 0.505 e. The number of hydrogen-bond acceptors (Lipinski definition) is 10. The number of hydrogen-bond donors (Lipinski definition) is 7. The summed E-state index contributed by atoms with van der Waals surface area (Å²) in [6, 6.07) is 32.0. The number of sulfone groups is 1. The van der Waals surface area contributed by atoms with Crippen LogP contribution in [-0.4, -0.2) is 28.8 Å². The van der Waals surface area contributed by atoms with E-state index in [1.807, 2.05) is 42.5 Å². The SMILES string of the molecule is CC(O)c1cc(Cl)cc(NCc2cc(N)ccc2Sc2ccc(Cl)cc2)c1O.CC(O)c1cc(Cl)cc(NCc2ccccc2S(=O)(=O)c2ccc(Cl)cc2)c1O. The topological polar surface area (TPSA) is 165 Å². The molecule has 15 heteroatoms. The van der Waals surface area contributed by atoms with Crippen LogP contribution < -0.4 is 16.4 Å². The number of rotatable bonds is 12. The molecule has 8 N–H and O–H groups in total. The van der Waals surface area contributed by atoms with Gasteiger partial charge in [0.2, 0.25) is 9.84 Å². The monoisotopic (exact) mass is 885 g/mol. The van der Waals surface area contributed by atoms with Crippen molar-refractivity contribution < 1.29 is 28.8 Å². The molecular weight excluding hydrogens is 848 g/mol. The van der Waals surface area contributed by atoms with Crippen molar-refractivity contribution in [3.05, 3.63) is 158 Å². The third kappa shape index (κ3) is 11.4. The molecule has 0 aliphatic carbocycles. The Labute approximate surface area is 355 Å². The van der Waals surface area contributed by atoms with E-state index in [0.29, 0.717) is 54.8 Å². The second-order valence-corrected chi connectivity index (χ2v) is 17.6. The van der Waals surface area contributed by atoms with E-state index in [9.17, 15) is 28.8 Å². The summed E-state index contributed by atoms with van der Waals surface area (Å²) >= 11 is 25.6. The van der Waals surface area contributed by atoms with Gasteiger partial charge in [0.25, 0.3) is 0 Å². The van der Waals surface area contributed by atoms with Gasteiger partial charge >= 0.3 is 0 Å². The minimum Gasteiger partial charge on any atom is -0.505 e. The van der Waals surface area contributed by atoms with Gasteiger partial charge in [0.1, 0.15) is 11.5 Å². The highest BCUT2D eigenvalue weighted by molar-refractivity contribution is 7.99. The molecule has 0 aromatic heterocycles. The number of nitrogen functional groups attached to an aromatic ring is 1. The first-order chi connectivity index (χ1) is 27.0. The molecule has 0 fully saturated rings. The van der Waals surface area contributed by atoms with Crippen molar-refractivity contribution in [2.24, 2.45) is 0 Å². The predicted molar refractivity (Wildman–Crippen MR) is 232 cm³/mol. The fourth-order valence-electron chi connectivity index (χ4n) is 5.65. The van der Waals surface area contributed by atoms with Crippen molar-refractivity contribution in [1.29, 1.82) is 0 Å². The molecule has 57 heavy (non-hydrogen) atoms. The second kappa shape index (κ2) is 19.4. The van der Waals surface area contributed by atoms with Crippen LogP contribution in [0.15, 0.2) is 135 Å². The number of nitrogens with two attached hydrogens (primary N) is 1. The molecule has 0 heterocycles. The average molecular weight is 888 g/mol. The van der Waals surface area contributed by atoms with Gasteiger partial charge in [0.05, 0.1) is 33.4 Å². The number of anilines is 3. The lowest BCUT2D eigenvalue weighted by molar-refractivity contribution is 0.194. The van der Waals surface area contributed by atoms with Gasteiger partial charge in [-0.05, 0) is 122 Å². The summed E-state index contributed by atoms with van der Waals surface area (Å²) in [6.07, 6.45) is -1.74. The number of phenols is 2. The van der Waals surface area contributed by atoms with Crippen LogP contribution in [0.4, 0.5) is 17.1 Å². The summed E-state index contributed by atoms with van der Waals surface area (Å²) in [4.78, 5) is 2.36. The minimum absolute atomic E-state index is 0.0183. The fourth-order valence-corrected chi connectivity index (χ4v) is 8.77. The smallest absolute Gasteiger partial charge is 0.206 e. The summed E-state index contributed by atoms with van der Waals surface area (Å²) in [7, 11) is -3.76. The molecule has 2 atom stereocenters. The van der Waals surface area contributed by atoms with E-state index < -0.39 is 22.0 Å². The Morgan fingerprint density at radius 3 is 1.65 bits per heavy atom. The number of phenolic OH excluding ortho intramolecular Hbond substituents is 2. The summed E-state index contributed by atoms with van der Waals surface area (Å²) < 4.78 is 26.1. The van der Waals surface area contributed by atoms with Gasteiger partial charge in [-0.3, -0.25) is 0 Å². The lowest BCUT2D eigenvalue weighted by atomic mass is 10.1. The molecule has 0 bridgehead atoms. The Morgan fingerprint density at radius 2 is 1.12 bits per heavy atom. The van der Waals surface area contributed by atoms with E-state index in [4.69, 9.17) is 52.1 Å². The van der Waals surface area contributed by atoms with Crippen LogP contribution in [0.1, 0.15) is 48.3 Å². The van der Waals surface area contributed by atoms with Crippen LogP contribution in [-0.2, 0) is 22.9 Å². The first-order valence-corrected chi connectivity index (χ1v) is 21.1. The number of nitrogens with one attached hydrogen (secondary N) is 2. The molecule has 0 spiro atoms. The average Bonchev–Trinajstić information content (AvgIpc) is 3.17. The number of aliphatic hydroxyl groups excluding tert-OH is 2. The predicted octanol–water partition coefficient (Wildman–Crippen LogP) is 11.3. The van der Waals surface area contributed by atoms with Crippen molar-refractivity contribution >= 4 is 85.1 Å². The minimum atomic E-state index is -3.76. The number of aliphatic hydroxyl groups is 2. The van der Waals surface area contributed by atoms with Crippen molar-refractivity contribution in [3.8, 4) is 11.5 Å². The van der Waals surface area contributed by atoms with Gasteiger partial charge in [-0.1, -0.05) is 76.4 Å². The molecule has 298 valence electrons. The van der Waals surface area contributed by atoms with Crippen molar-refractivity contribution in [2.45, 2.75) is 58.7 Å². The molecule has 0 aliphatic rings. The highest BCUT2D eigenvalue weighted by Crippen LogP contribution is 2.38. The molecule has 6 aromatic carbocycles. The molecule has 0 radical (unpaired) electrons. The zero-order valence-electron chi connectivity index (χ0n) is 30.5. The van der Waals surface area contributed by atoms with Crippen molar-refractivity contribution in [1.82, 2.24) is 0 Å². The van der Waals surface area contributed by atoms with Crippen LogP contribution in [0, 0.1) is 0 Å². The molecular formula is C42H39Cl4N3O6S2. The first kappa shape index (κ1) is 43.8. The van der Waals surface area contributed by atoms with E-state index in [-0.39, 0.29) is 33.4 Å². The third-order valence-electron chi connectivity index (χ3n) is 8.56. The van der Waals surface area contributed by atoms with Gasteiger partial charge in [-0.2, -0.15) is 0 Å². The van der Waals surface area contributed by atoms with Gasteiger partial charge in [0, 0.05) is 59.8 Å². The molecule has 0 saturated carbocycles. The van der Waals surface area contributed by atoms with Gasteiger partial charge in [0.15, 0.2) is 0 Å². The van der Waals surface area contributed by atoms with E-state index in [0.717, 1.165) is 15.4 Å². The van der Waals surface area contributed by atoms with Gasteiger partial charge < -0.3 is 36.8 Å². The molecule has 0 saturated heterocycles. The van der Waals surface area contributed by atoms with Crippen LogP contribution in [0.3, 0.4) is 0 Å². The van der Waals surface area contributed by atoms with Crippen molar-refractivity contribution in [2.75, 3.05) is 16.4 Å². The lowest BCUT2D eigenvalue weighted by Gasteiger charge is -2.16.